The molecular weight excluding hydrogens is 329 g/mol. The second-order valence-electron chi connectivity index (χ2n) is 6.71. The molecule has 8 heteroatoms. The number of rotatable bonds is 3. The van der Waals surface area contributed by atoms with Crippen molar-refractivity contribution in [1.82, 2.24) is 4.90 Å². The summed E-state index contributed by atoms with van der Waals surface area (Å²) in [5.74, 6) is -0.695. The van der Waals surface area contributed by atoms with Gasteiger partial charge in [-0.2, -0.15) is 5.26 Å². The first-order valence-corrected chi connectivity index (χ1v) is 7.73. The first-order chi connectivity index (χ1) is 11.6. The molecule has 134 valence electrons. The van der Waals surface area contributed by atoms with Gasteiger partial charge in [-0.25, -0.2) is 9.18 Å². The molecule has 7 nitrogen and oxygen atoms in total. The molecule has 1 unspecified atom stereocenters. The van der Waals surface area contributed by atoms with E-state index in [1.807, 2.05) is 6.07 Å². The highest BCUT2D eigenvalue weighted by atomic mass is 19.1. The van der Waals surface area contributed by atoms with Crippen LogP contribution in [0.25, 0.3) is 0 Å². The Balaban J connectivity index is 2.09. The maximum absolute atomic E-state index is 13.2. The standard InChI is InChI=1S/C17H20FN3O4/c1-17(2,3)25-16(23)21(4)11(9-19)8-14-15(22)20-12-7-10(18)5-6-13(12)24-14/h5-7,11,14H,8H2,1-4H3,(H,20,22)/t11?,14-/m0/s1. The van der Waals surface area contributed by atoms with Crippen LogP contribution in [0.3, 0.4) is 0 Å². The number of benzene rings is 1. The van der Waals surface area contributed by atoms with Gasteiger partial charge in [0.05, 0.1) is 11.8 Å². The summed E-state index contributed by atoms with van der Waals surface area (Å²) in [6, 6.07) is 4.81. The van der Waals surface area contributed by atoms with Gasteiger partial charge in [0.15, 0.2) is 6.10 Å². The minimum atomic E-state index is -0.979. The molecule has 1 aromatic carbocycles. The highest BCUT2D eigenvalue weighted by Gasteiger charge is 2.34. The lowest BCUT2D eigenvalue weighted by Gasteiger charge is -2.31. The Hall–Kier alpha value is -2.82. The number of fused-ring (bicyclic) bond motifs is 1. The minimum Gasteiger partial charge on any atom is -0.478 e. The second kappa shape index (κ2) is 6.97. The van der Waals surface area contributed by atoms with Crippen molar-refractivity contribution in [3.63, 3.8) is 0 Å². The highest BCUT2D eigenvalue weighted by Crippen LogP contribution is 2.31. The van der Waals surface area contributed by atoms with Crippen LogP contribution in [-0.4, -0.2) is 41.7 Å². The number of hydrogen-bond donors (Lipinski definition) is 1. The van der Waals surface area contributed by atoms with Crippen LogP contribution in [0.1, 0.15) is 27.2 Å². The topological polar surface area (TPSA) is 91.7 Å². The number of hydrogen-bond acceptors (Lipinski definition) is 5. The van der Waals surface area contributed by atoms with Gasteiger partial charge in [0.2, 0.25) is 0 Å². The molecule has 1 aliphatic heterocycles. The molecule has 2 rings (SSSR count). The molecule has 0 saturated carbocycles. The van der Waals surface area contributed by atoms with Gasteiger partial charge in [-0.05, 0) is 32.9 Å². The Bertz CT molecular complexity index is 724. The SMILES string of the molecule is CN(C(=O)OC(C)(C)C)C(C#N)C[C@@H]1Oc2ccc(F)cc2NC1=O. The van der Waals surface area contributed by atoms with Gasteiger partial charge in [0.25, 0.3) is 5.91 Å². The summed E-state index contributed by atoms with van der Waals surface area (Å²) in [6.07, 6.45) is -1.69. The lowest BCUT2D eigenvalue weighted by atomic mass is 10.1. The fraction of sp³-hybridized carbons (Fsp3) is 0.471. The summed E-state index contributed by atoms with van der Waals surface area (Å²) in [7, 11) is 1.42. The lowest BCUT2D eigenvalue weighted by Crippen LogP contribution is -2.46. The van der Waals surface area contributed by atoms with Crippen molar-refractivity contribution in [2.24, 2.45) is 0 Å². The van der Waals surface area contributed by atoms with E-state index in [9.17, 15) is 19.2 Å². The quantitative estimate of drug-likeness (QED) is 0.906. The van der Waals surface area contributed by atoms with Crippen molar-refractivity contribution in [3.05, 3.63) is 24.0 Å². The summed E-state index contributed by atoms with van der Waals surface area (Å²) in [5.41, 5.74) is -0.470. The van der Waals surface area contributed by atoms with E-state index in [1.165, 1.54) is 19.2 Å². The molecule has 2 atom stereocenters. The van der Waals surface area contributed by atoms with E-state index in [0.29, 0.717) is 5.75 Å². The maximum Gasteiger partial charge on any atom is 0.411 e. The molecule has 2 amide bonds. The molecule has 25 heavy (non-hydrogen) atoms. The van der Waals surface area contributed by atoms with Gasteiger partial charge in [0.1, 0.15) is 23.2 Å². The van der Waals surface area contributed by atoms with E-state index >= 15 is 0 Å². The number of ether oxygens (including phenoxy) is 2. The van der Waals surface area contributed by atoms with Crippen LogP contribution < -0.4 is 10.1 Å². The smallest absolute Gasteiger partial charge is 0.411 e. The fourth-order valence-corrected chi connectivity index (χ4v) is 2.24. The Labute approximate surface area is 145 Å². The van der Waals surface area contributed by atoms with Gasteiger partial charge in [-0.3, -0.25) is 9.69 Å². The third kappa shape index (κ3) is 4.59. The van der Waals surface area contributed by atoms with Gasteiger partial charge in [0, 0.05) is 19.5 Å². The van der Waals surface area contributed by atoms with Crippen LogP contribution in [0, 0.1) is 17.1 Å². The number of halogens is 1. The van der Waals surface area contributed by atoms with Crippen molar-refractivity contribution < 1.29 is 23.5 Å². The largest absolute Gasteiger partial charge is 0.478 e. The molecule has 0 saturated heterocycles. The van der Waals surface area contributed by atoms with Crippen molar-refractivity contribution in [1.29, 1.82) is 5.26 Å². The molecular formula is C17H20FN3O4. The van der Waals surface area contributed by atoms with E-state index in [1.54, 1.807) is 20.8 Å². The van der Waals surface area contributed by atoms with E-state index in [0.717, 1.165) is 11.0 Å². The molecule has 0 aliphatic carbocycles. The summed E-state index contributed by atoms with van der Waals surface area (Å²) in [6.45, 7) is 5.15. The number of anilines is 1. The third-order valence-corrected chi connectivity index (χ3v) is 3.50. The Morgan fingerprint density at radius 3 is 2.80 bits per heavy atom. The molecule has 0 aromatic heterocycles. The zero-order chi connectivity index (χ0) is 18.8. The monoisotopic (exact) mass is 349 g/mol. The van der Waals surface area contributed by atoms with Gasteiger partial charge in [-0.15, -0.1) is 0 Å². The second-order valence-corrected chi connectivity index (χ2v) is 6.71. The summed E-state index contributed by atoms with van der Waals surface area (Å²) >= 11 is 0. The minimum absolute atomic E-state index is 0.0467. The Morgan fingerprint density at radius 1 is 1.52 bits per heavy atom. The number of nitriles is 1. The predicted octanol–water partition coefficient (Wildman–Crippen LogP) is 2.67. The number of nitrogens with one attached hydrogen (secondary N) is 1. The predicted molar refractivity (Wildman–Crippen MR) is 87.5 cm³/mol. The zero-order valence-electron chi connectivity index (χ0n) is 14.5. The molecule has 0 fully saturated rings. The van der Waals surface area contributed by atoms with Crippen LogP contribution in [0.2, 0.25) is 0 Å². The van der Waals surface area contributed by atoms with E-state index in [-0.39, 0.29) is 12.1 Å². The summed E-state index contributed by atoms with van der Waals surface area (Å²) in [4.78, 5) is 25.4. The third-order valence-electron chi connectivity index (χ3n) is 3.50. The molecule has 1 aromatic rings. The molecule has 1 aliphatic rings. The number of nitrogens with zero attached hydrogens (tertiary/aromatic N) is 2. The summed E-state index contributed by atoms with van der Waals surface area (Å²) < 4.78 is 24.0. The van der Waals surface area contributed by atoms with Crippen LogP contribution in [-0.2, 0) is 9.53 Å². The van der Waals surface area contributed by atoms with E-state index in [2.05, 4.69) is 5.32 Å². The Kier molecular flexibility index (Phi) is 5.16. The van der Waals surface area contributed by atoms with Crippen molar-refractivity contribution in [2.45, 2.75) is 44.9 Å². The molecule has 1 heterocycles. The average Bonchev–Trinajstić information content (AvgIpc) is 2.50. The fourth-order valence-electron chi connectivity index (χ4n) is 2.24. The van der Waals surface area contributed by atoms with Gasteiger partial charge < -0.3 is 14.8 Å². The first-order valence-electron chi connectivity index (χ1n) is 7.73. The van der Waals surface area contributed by atoms with Crippen molar-refractivity contribution in [2.75, 3.05) is 12.4 Å². The lowest BCUT2D eigenvalue weighted by molar-refractivity contribution is -0.124. The van der Waals surface area contributed by atoms with E-state index in [4.69, 9.17) is 9.47 Å². The summed E-state index contributed by atoms with van der Waals surface area (Å²) in [5, 5.41) is 11.9. The molecule has 1 N–H and O–H groups in total. The van der Waals surface area contributed by atoms with Crippen molar-refractivity contribution in [3.8, 4) is 11.8 Å². The van der Waals surface area contributed by atoms with Crippen LogP contribution in [0.15, 0.2) is 18.2 Å². The zero-order valence-corrected chi connectivity index (χ0v) is 14.5. The van der Waals surface area contributed by atoms with Crippen molar-refractivity contribution >= 4 is 17.7 Å². The molecule has 0 radical (unpaired) electrons. The van der Waals surface area contributed by atoms with E-state index < -0.39 is 35.6 Å². The number of amides is 2. The number of carbonyl (C=O) groups excluding carboxylic acids is 2. The number of carbonyl (C=O) groups is 2. The first kappa shape index (κ1) is 18.5. The maximum atomic E-state index is 13.2. The molecule has 0 bridgehead atoms. The van der Waals surface area contributed by atoms with Gasteiger partial charge in [-0.1, -0.05) is 0 Å². The average molecular weight is 349 g/mol. The molecule has 0 spiro atoms. The Morgan fingerprint density at radius 2 is 2.20 bits per heavy atom. The van der Waals surface area contributed by atoms with Crippen LogP contribution in [0.4, 0.5) is 14.9 Å². The normalized spacial score (nSPS) is 17.4. The van der Waals surface area contributed by atoms with Crippen LogP contribution in [0.5, 0.6) is 5.75 Å². The highest BCUT2D eigenvalue weighted by molar-refractivity contribution is 5.97. The van der Waals surface area contributed by atoms with Crippen LogP contribution >= 0.6 is 0 Å². The van der Waals surface area contributed by atoms with Gasteiger partial charge >= 0.3 is 6.09 Å².